The van der Waals surface area contributed by atoms with Crippen LogP contribution >= 0.6 is 0 Å². The first-order valence-corrected chi connectivity index (χ1v) is 7.29. The van der Waals surface area contributed by atoms with Crippen LogP contribution in [0.25, 0.3) is 0 Å². The molecule has 0 saturated carbocycles. The molecule has 5 nitrogen and oxygen atoms in total. The maximum Gasteiger partial charge on any atom is 0.272 e. The van der Waals surface area contributed by atoms with Crippen molar-refractivity contribution in [2.75, 3.05) is 39.0 Å². The highest BCUT2D eigenvalue weighted by molar-refractivity contribution is 5.93. The van der Waals surface area contributed by atoms with Crippen molar-refractivity contribution >= 4 is 11.6 Å². The molecule has 1 unspecified atom stereocenters. The van der Waals surface area contributed by atoms with E-state index in [1.807, 2.05) is 24.1 Å². The number of hydrogen-bond acceptors (Lipinski definition) is 4. The predicted octanol–water partition coefficient (Wildman–Crippen LogP) is 1.68. The molecule has 0 spiro atoms. The highest BCUT2D eigenvalue weighted by Gasteiger charge is 2.27. The lowest BCUT2D eigenvalue weighted by Crippen LogP contribution is -2.43. The molecule has 0 bridgehead atoms. The molecule has 1 atom stereocenters. The molecule has 1 amide bonds. The van der Waals surface area contributed by atoms with Crippen LogP contribution in [-0.2, 0) is 0 Å². The first kappa shape index (κ1) is 14.8. The van der Waals surface area contributed by atoms with Crippen molar-refractivity contribution in [3.63, 3.8) is 0 Å². The van der Waals surface area contributed by atoms with Crippen LogP contribution in [0.3, 0.4) is 0 Å². The van der Waals surface area contributed by atoms with Crippen molar-refractivity contribution in [1.82, 2.24) is 14.8 Å². The van der Waals surface area contributed by atoms with Gasteiger partial charge in [0.2, 0.25) is 0 Å². The number of aromatic nitrogens is 1. The molecule has 1 N–H and O–H groups in total. The number of anilines is 1. The molecule has 1 aliphatic rings. The van der Waals surface area contributed by atoms with Crippen molar-refractivity contribution in [1.29, 1.82) is 0 Å². The van der Waals surface area contributed by atoms with Crippen LogP contribution in [0.1, 0.15) is 30.3 Å². The Hall–Kier alpha value is -1.62. The first-order valence-electron chi connectivity index (χ1n) is 7.29. The summed E-state index contributed by atoms with van der Waals surface area (Å²) in [5.41, 5.74) is 1.45. The zero-order valence-electron chi connectivity index (χ0n) is 12.6. The van der Waals surface area contributed by atoms with E-state index in [4.69, 9.17) is 0 Å². The van der Waals surface area contributed by atoms with E-state index in [0.717, 1.165) is 38.2 Å². The summed E-state index contributed by atoms with van der Waals surface area (Å²) in [6.07, 6.45) is 3.68. The van der Waals surface area contributed by atoms with Gasteiger partial charge in [-0.05, 0) is 38.6 Å². The number of carbonyl (C=O) groups excluding carboxylic acids is 1. The van der Waals surface area contributed by atoms with Gasteiger partial charge < -0.3 is 15.1 Å². The summed E-state index contributed by atoms with van der Waals surface area (Å²) in [4.78, 5) is 21.2. The summed E-state index contributed by atoms with van der Waals surface area (Å²) in [7, 11) is 3.97. The molecular formula is C15H24N4O. The van der Waals surface area contributed by atoms with E-state index in [-0.39, 0.29) is 11.9 Å². The quantitative estimate of drug-likeness (QED) is 0.912. The fourth-order valence-electron chi connectivity index (χ4n) is 2.71. The number of likely N-dealkylation sites (N-methyl/N-ethyl adjacent to an activating group) is 1. The highest BCUT2D eigenvalue weighted by atomic mass is 16.2. The maximum absolute atomic E-state index is 12.7. The van der Waals surface area contributed by atoms with Crippen LogP contribution in [-0.4, -0.2) is 60.5 Å². The minimum Gasteiger partial charge on any atom is -0.388 e. The van der Waals surface area contributed by atoms with Gasteiger partial charge >= 0.3 is 0 Å². The van der Waals surface area contributed by atoms with Crippen molar-refractivity contribution in [2.24, 2.45) is 0 Å². The predicted molar refractivity (Wildman–Crippen MR) is 81.0 cm³/mol. The van der Waals surface area contributed by atoms with E-state index in [1.54, 1.807) is 6.20 Å². The fraction of sp³-hybridized carbons (Fsp3) is 0.600. The van der Waals surface area contributed by atoms with Crippen molar-refractivity contribution in [2.45, 2.75) is 25.8 Å². The highest BCUT2D eigenvalue weighted by Crippen LogP contribution is 2.16. The minimum atomic E-state index is 0.0456. The molecule has 0 aromatic carbocycles. The Balaban J connectivity index is 2.20. The molecule has 1 aliphatic heterocycles. The molecule has 1 aromatic rings. The van der Waals surface area contributed by atoms with Gasteiger partial charge in [0.1, 0.15) is 5.69 Å². The topological polar surface area (TPSA) is 48.5 Å². The third-order valence-electron chi connectivity index (χ3n) is 3.90. The SMILES string of the molecule is CCC1CN(C)CCCN1C(=O)c1cc(NC)ccn1. The summed E-state index contributed by atoms with van der Waals surface area (Å²) >= 11 is 0. The molecule has 110 valence electrons. The number of amides is 1. The summed E-state index contributed by atoms with van der Waals surface area (Å²) in [5.74, 6) is 0.0456. The molecule has 1 fully saturated rings. The first-order chi connectivity index (χ1) is 9.65. The molecule has 0 aliphatic carbocycles. The summed E-state index contributed by atoms with van der Waals surface area (Å²) in [5, 5.41) is 3.05. The van der Waals surface area contributed by atoms with E-state index in [1.165, 1.54) is 0 Å². The Morgan fingerprint density at radius 3 is 3.00 bits per heavy atom. The average Bonchev–Trinajstić information content (AvgIpc) is 2.67. The second kappa shape index (κ2) is 6.70. The van der Waals surface area contributed by atoms with Gasteiger partial charge in [-0.2, -0.15) is 0 Å². The van der Waals surface area contributed by atoms with E-state index in [0.29, 0.717) is 5.69 Å². The largest absolute Gasteiger partial charge is 0.388 e. The van der Waals surface area contributed by atoms with Gasteiger partial charge in [-0.3, -0.25) is 9.78 Å². The van der Waals surface area contributed by atoms with Crippen molar-refractivity contribution in [3.05, 3.63) is 24.0 Å². The van der Waals surface area contributed by atoms with Crippen LogP contribution in [0, 0.1) is 0 Å². The molecule has 5 heteroatoms. The number of nitrogens with zero attached hydrogens (tertiary/aromatic N) is 3. The summed E-state index contributed by atoms with van der Waals surface area (Å²) in [6, 6.07) is 3.96. The Kier molecular flexibility index (Phi) is 4.95. The minimum absolute atomic E-state index is 0.0456. The molecule has 1 aromatic heterocycles. The smallest absolute Gasteiger partial charge is 0.272 e. The van der Waals surface area contributed by atoms with Gasteiger partial charge in [-0.25, -0.2) is 0 Å². The number of carbonyl (C=O) groups is 1. The van der Waals surface area contributed by atoms with Gasteiger partial charge in [0.25, 0.3) is 5.91 Å². The number of hydrogen-bond donors (Lipinski definition) is 1. The van der Waals surface area contributed by atoms with Gasteiger partial charge in [-0.15, -0.1) is 0 Å². The van der Waals surface area contributed by atoms with E-state index >= 15 is 0 Å². The molecule has 2 heterocycles. The lowest BCUT2D eigenvalue weighted by molar-refractivity contribution is 0.0670. The number of nitrogens with one attached hydrogen (secondary N) is 1. The monoisotopic (exact) mass is 276 g/mol. The standard InChI is InChI=1S/C15H24N4O/c1-4-13-11-18(3)8-5-9-19(13)15(20)14-10-12(16-2)6-7-17-14/h6-7,10,13H,4-5,8-9,11H2,1-3H3,(H,16,17). The molecular weight excluding hydrogens is 252 g/mol. The number of pyridine rings is 1. The lowest BCUT2D eigenvalue weighted by atomic mass is 10.1. The third-order valence-corrected chi connectivity index (χ3v) is 3.90. The zero-order valence-corrected chi connectivity index (χ0v) is 12.6. The van der Waals surface area contributed by atoms with Crippen LogP contribution in [0.5, 0.6) is 0 Å². The second-order valence-electron chi connectivity index (χ2n) is 5.36. The van der Waals surface area contributed by atoms with Gasteiger partial charge in [0, 0.05) is 38.1 Å². The zero-order chi connectivity index (χ0) is 14.5. The molecule has 1 saturated heterocycles. The van der Waals surface area contributed by atoms with E-state index < -0.39 is 0 Å². The van der Waals surface area contributed by atoms with Crippen LogP contribution in [0.15, 0.2) is 18.3 Å². The Morgan fingerprint density at radius 1 is 1.50 bits per heavy atom. The van der Waals surface area contributed by atoms with Gasteiger partial charge in [0.15, 0.2) is 0 Å². The van der Waals surface area contributed by atoms with E-state index in [2.05, 4.69) is 29.2 Å². The fourth-order valence-corrected chi connectivity index (χ4v) is 2.71. The average molecular weight is 276 g/mol. The maximum atomic E-state index is 12.7. The Labute approximate surface area is 121 Å². The second-order valence-corrected chi connectivity index (χ2v) is 5.36. The third kappa shape index (κ3) is 3.28. The molecule has 2 rings (SSSR count). The van der Waals surface area contributed by atoms with Crippen molar-refractivity contribution in [3.8, 4) is 0 Å². The van der Waals surface area contributed by atoms with Crippen LogP contribution in [0.4, 0.5) is 5.69 Å². The normalized spacial score (nSPS) is 20.6. The Bertz CT molecular complexity index is 463. The molecule has 0 radical (unpaired) electrons. The van der Waals surface area contributed by atoms with Gasteiger partial charge in [-0.1, -0.05) is 6.92 Å². The summed E-state index contributed by atoms with van der Waals surface area (Å²) in [6.45, 7) is 4.94. The van der Waals surface area contributed by atoms with E-state index in [9.17, 15) is 4.79 Å². The van der Waals surface area contributed by atoms with Crippen molar-refractivity contribution < 1.29 is 4.79 Å². The number of rotatable bonds is 3. The van der Waals surface area contributed by atoms with Crippen LogP contribution in [0.2, 0.25) is 0 Å². The van der Waals surface area contributed by atoms with Gasteiger partial charge in [0.05, 0.1) is 0 Å². The Morgan fingerprint density at radius 2 is 2.30 bits per heavy atom. The summed E-state index contributed by atoms with van der Waals surface area (Å²) < 4.78 is 0. The molecule has 20 heavy (non-hydrogen) atoms. The lowest BCUT2D eigenvalue weighted by Gasteiger charge is -2.30. The van der Waals surface area contributed by atoms with Crippen LogP contribution < -0.4 is 5.32 Å².